The summed E-state index contributed by atoms with van der Waals surface area (Å²) < 4.78 is 0. The molecule has 0 aliphatic carbocycles. The molecule has 1 N–H and O–H groups in total. The zero-order chi connectivity index (χ0) is 15.4. The molecule has 116 valence electrons. The predicted octanol–water partition coefficient (Wildman–Crippen LogP) is 3.68. The molecule has 0 radical (unpaired) electrons. The van der Waals surface area contributed by atoms with Crippen LogP contribution in [0.1, 0.15) is 24.5 Å². The first-order valence-electron chi connectivity index (χ1n) is 7.56. The standard InChI is InChI=1S/C16H24ClN3S/c1-4-5-19-6-8-20(9-7-19)16(21)18-15-13(3)10-12(2)11-14(15)17/h10-11H,4-9H2,1-3H3,(H,18,21). The molecule has 1 aromatic rings. The van der Waals surface area contributed by atoms with Crippen LogP contribution in [-0.4, -0.2) is 47.6 Å². The topological polar surface area (TPSA) is 18.5 Å². The highest BCUT2D eigenvalue weighted by molar-refractivity contribution is 7.80. The van der Waals surface area contributed by atoms with Gasteiger partial charge in [-0.25, -0.2) is 0 Å². The van der Waals surface area contributed by atoms with Crippen molar-refractivity contribution in [2.24, 2.45) is 0 Å². The number of piperazine rings is 1. The number of halogens is 1. The Hall–Kier alpha value is -0.840. The van der Waals surface area contributed by atoms with Gasteiger partial charge in [0.1, 0.15) is 0 Å². The first-order valence-corrected chi connectivity index (χ1v) is 8.35. The molecular weight excluding hydrogens is 302 g/mol. The summed E-state index contributed by atoms with van der Waals surface area (Å²) in [5.74, 6) is 0. The van der Waals surface area contributed by atoms with E-state index in [4.69, 9.17) is 23.8 Å². The summed E-state index contributed by atoms with van der Waals surface area (Å²) in [7, 11) is 0. The van der Waals surface area contributed by atoms with Crippen LogP contribution in [0, 0.1) is 13.8 Å². The Balaban J connectivity index is 1.97. The molecule has 3 nitrogen and oxygen atoms in total. The minimum atomic E-state index is 0.736. The van der Waals surface area contributed by atoms with Crippen molar-refractivity contribution in [2.75, 3.05) is 38.0 Å². The number of nitrogens with zero attached hydrogens (tertiary/aromatic N) is 2. The molecule has 1 saturated heterocycles. The minimum absolute atomic E-state index is 0.736. The first kappa shape index (κ1) is 16.5. The fourth-order valence-corrected chi connectivity index (χ4v) is 3.40. The predicted molar refractivity (Wildman–Crippen MR) is 95.5 cm³/mol. The zero-order valence-electron chi connectivity index (χ0n) is 13.1. The lowest BCUT2D eigenvalue weighted by Gasteiger charge is -2.36. The van der Waals surface area contributed by atoms with Gasteiger partial charge in [0.15, 0.2) is 5.11 Å². The summed E-state index contributed by atoms with van der Waals surface area (Å²) in [5, 5.41) is 4.84. The van der Waals surface area contributed by atoms with Crippen molar-refractivity contribution in [2.45, 2.75) is 27.2 Å². The van der Waals surface area contributed by atoms with Gasteiger partial charge in [0.05, 0.1) is 10.7 Å². The van der Waals surface area contributed by atoms with Crippen LogP contribution in [0.2, 0.25) is 5.02 Å². The van der Waals surface area contributed by atoms with Gasteiger partial charge in [-0.05, 0) is 56.2 Å². The van der Waals surface area contributed by atoms with E-state index < -0.39 is 0 Å². The molecule has 0 aromatic heterocycles. The van der Waals surface area contributed by atoms with Crippen LogP contribution in [-0.2, 0) is 0 Å². The van der Waals surface area contributed by atoms with Crippen LogP contribution < -0.4 is 5.32 Å². The molecule has 0 bridgehead atoms. The second-order valence-electron chi connectivity index (χ2n) is 5.70. The Morgan fingerprint density at radius 2 is 1.90 bits per heavy atom. The molecule has 0 amide bonds. The van der Waals surface area contributed by atoms with Crippen LogP contribution in [0.25, 0.3) is 0 Å². The van der Waals surface area contributed by atoms with E-state index in [-0.39, 0.29) is 0 Å². The molecule has 1 aromatic carbocycles. The second-order valence-corrected chi connectivity index (χ2v) is 6.49. The lowest BCUT2D eigenvalue weighted by molar-refractivity contribution is 0.184. The molecule has 21 heavy (non-hydrogen) atoms. The Bertz CT molecular complexity index is 487. The number of benzene rings is 1. The summed E-state index contributed by atoms with van der Waals surface area (Å²) in [6.07, 6.45) is 1.21. The number of aryl methyl sites for hydroxylation is 2. The SMILES string of the molecule is CCCN1CCN(C(=S)Nc2c(C)cc(C)cc2Cl)CC1. The van der Waals surface area contributed by atoms with Gasteiger partial charge in [-0.2, -0.15) is 0 Å². The van der Waals surface area contributed by atoms with Crippen LogP contribution >= 0.6 is 23.8 Å². The Kier molecular flexibility index (Phi) is 5.85. The Labute approximate surface area is 138 Å². The largest absolute Gasteiger partial charge is 0.346 e. The smallest absolute Gasteiger partial charge is 0.173 e. The summed E-state index contributed by atoms with van der Waals surface area (Å²) in [4.78, 5) is 4.72. The highest BCUT2D eigenvalue weighted by atomic mass is 35.5. The number of anilines is 1. The van der Waals surface area contributed by atoms with E-state index in [0.717, 1.165) is 47.6 Å². The van der Waals surface area contributed by atoms with E-state index >= 15 is 0 Å². The van der Waals surface area contributed by atoms with Crippen LogP contribution in [0.4, 0.5) is 5.69 Å². The van der Waals surface area contributed by atoms with E-state index in [1.807, 2.05) is 13.0 Å². The molecule has 2 rings (SSSR count). The van der Waals surface area contributed by atoms with E-state index in [1.54, 1.807) is 0 Å². The normalized spacial score (nSPS) is 16.1. The monoisotopic (exact) mass is 325 g/mol. The minimum Gasteiger partial charge on any atom is -0.346 e. The van der Waals surface area contributed by atoms with Crippen LogP contribution in [0.5, 0.6) is 0 Å². The van der Waals surface area contributed by atoms with Gasteiger partial charge in [-0.3, -0.25) is 4.90 Å². The summed E-state index contributed by atoms with van der Waals surface area (Å²) in [6, 6.07) is 4.09. The number of hydrogen-bond donors (Lipinski definition) is 1. The van der Waals surface area contributed by atoms with Gasteiger partial charge in [0.25, 0.3) is 0 Å². The van der Waals surface area contributed by atoms with Crippen LogP contribution in [0.3, 0.4) is 0 Å². The number of thiocarbonyl (C=S) groups is 1. The maximum Gasteiger partial charge on any atom is 0.173 e. The number of rotatable bonds is 3. The maximum atomic E-state index is 6.33. The van der Waals surface area contributed by atoms with Crippen molar-refractivity contribution in [1.82, 2.24) is 9.80 Å². The molecular formula is C16H24ClN3S. The third-order valence-corrected chi connectivity index (χ3v) is 4.52. The first-order chi connectivity index (χ1) is 10.0. The van der Waals surface area contributed by atoms with Gasteiger partial charge >= 0.3 is 0 Å². The third-order valence-electron chi connectivity index (χ3n) is 3.86. The average Bonchev–Trinajstić information content (AvgIpc) is 2.43. The Morgan fingerprint density at radius 3 is 2.48 bits per heavy atom. The fraction of sp³-hybridized carbons (Fsp3) is 0.562. The molecule has 1 aliphatic heterocycles. The van der Waals surface area contributed by atoms with Gasteiger partial charge in [0.2, 0.25) is 0 Å². The van der Waals surface area contributed by atoms with Crippen molar-refractivity contribution in [3.8, 4) is 0 Å². The van der Waals surface area contributed by atoms with Crippen molar-refractivity contribution in [1.29, 1.82) is 0 Å². The lowest BCUT2D eigenvalue weighted by atomic mass is 10.1. The third kappa shape index (κ3) is 4.31. The quantitative estimate of drug-likeness (QED) is 0.854. The molecule has 0 atom stereocenters. The van der Waals surface area contributed by atoms with E-state index in [1.165, 1.54) is 18.5 Å². The van der Waals surface area contributed by atoms with Crippen molar-refractivity contribution in [3.05, 3.63) is 28.3 Å². The van der Waals surface area contributed by atoms with Gasteiger partial charge < -0.3 is 10.2 Å². The fourth-order valence-electron chi connectivity index (χ4n) is 2.75. The molecule has 1 aliphatic rings. The molecule has 1 fully saturated rings. The molecule has 1 heterocycles. The average molecular weight is 326 g/mol. The van der Waals surface area contributed by atoms with E-state index in [2.05, 4.69) is 35.0 Å². The molecule has 0 unspecified atom stereocenters. The summed E-state index contributed by atoms with van der Waals surface area (Å²) in [5.41, 5.74) is 3.23. The van der Waals surface area contributed by atoms with Gasteiger partial charge in [-0.15, -0.1) is 0 Å². The van der Waals surface area contributed by atoms with Crippen LogP contribution in [0.15, 0.2) is 12.1 Å². The number of hydrogen-bond acceptors (Lipinski definition) is 2. The lowest BCUT2D eigenvalue weighted by Crippen LogP contribution is -2.50. The zero-order valence-corrected chi connectivity index (χ0v) is 14.7. The van der Waals surface area contributed by atoms with Crippen molar-refractivity contribution >= 4 is 34.6 Å². The van der Waals surface area contributed by atoms with Crippen molar-refractivity contribution in [3.63, 3.8) is 0 Å². The summed E-state index contributed by atoms with van der Waals surface area (Å²) in [6.45, 7) is 11.6. The molecule has 0 spiro atoms. The maximum absolute atomic E-state index is 6.33. The molecule has 5 heteroatoms. The van der Waals surface area contributed by atoms with E-state index in [9.17, 15) is 0 Å². The number of nitrogens with one attached hydrogen (secondary N) is 1. The Morgan fingerprint density at radius 1 is 1.24 bits per heavy atom. The van der Waals surface area contributed by atoms with E-state index in [0.29, 0.717) is 0 Å². The molecule has 0 saturated carbocycles. The van der Waals surface area contributed by atoms with Gasteiger partial charge in [0, 0.05) is 26.2 Å². The highest BCUT2D eigenvalue weighted by Crippen LogP contribution is 2.27. The second kappa shape index (κ2) is 7.43. The highest BCUT2D eigenvalue weighted by Gasteiger charge is 2.19. The van der Waals surface area contributed by atoms with Gasteiger partial charge in [-0.1, -0.05) is 24.6 Å². The van der Waals surface area contributed by atoms with Crippen molar-refractivity contribution < 1.29 is 0 Å². The summed E-state index contributed by atoms with van der Waals surface area (Å²) >= 11 is 11.9.